The smallest absolute Gasteiger partial charge is 0.133 e. The summed E-state index contributed by atoms with van der Waals surface area (Å²) in [6.07, 6.45) is 0.666. The van der Waals surface area contributed by atoms with Crippen LogP contribution in [0.5, 0.6) is 5.75 Å². The Morgan fingerprint density at radius 2 is 2.17 bits per heavy atom. The molecule has 1 heterocycles. The molecule has 0 unspecified atom stereocenters. The zero-order valence-corrected chi connectivity index (χ0v) is 6.81. The quantitative estimate of drug-likeness (QED) is 0.588. The molecule has 2 atom stereocenters. The number of hydrogen-bond acceptors (Lipinski definition) is 4. The fourth-order valence-corrected chi connectivity index (χ4v) is 0.842. The summed E-state index contributed by atoms with van der Waals surface area (Å²) in [5.74, 6) is 0.0940. The zero-order chi connectivity index (χ0) is 9.14. The van der Waals surface area contributed by atoms with Gasteiger partial charge in [0, 0.05) is 0 Å². The van der Waals surface area contributed by atoms with Crippen LogP contribution in [0, 0.1) is 0 Å². The van der Waals surface area contributed by atoms with E-state index in [1.54, 1.807) is 13.0 Å². The molecule has 0 aliphatic heterocycles. The largest absolute Gasteiger partial charge is 0.506 e. The molecule has 12 heavy (non-hydrogen) atoms. The summed E-state index contributed by atoms with van der Waals surface area (Å²) < 4.78 is 0. The average Bonchev–Trinajstić information content (AvgIpc) is 2.04. The molecule has 1 rings (SSSR count). The molecule has 1 aromatic heterocycles. The van der Waals surface area contributed by atoms with Gasteiger partial charge in [-0.1, -0.05) is 0 Å². The lowest BCUT2D eigenvalue weighted by Crippen LogP contribution is -2.23. The van der Waals surface area contributed by atoms with Crippen LogP contribution in [-0.2, 0) is 0 Å². The topological polar surface area (TPSA) is 79.4 Å². The zero-order valence-electron chi connectivity index (χ0n) is 6.81. The summed E-state index contributed by atoms with van der Waals surface area (Å²) in [6.45, 7) is 1.60. The number of hydrogen-bond donors (Lipinski definition) is 3. The molecule has 0 bridgehead atoms. The summed E-state index contributed by atoms with van der Waals surface area (Å²) in [4.78, 5) is 3.86. The molecule has 1 aromatic rings. The second-order valence-corrected chi connectivity index (χ2v) is 2.71. The van der Waals surface area contributed by atoms with Crippen molar-refractivity contribution in [2.45, 2.75) is 19.1 Å². The maximum atomic E-state index is 9.12. The molecule has 4 nitrogen and oxygen atoms in total. The third-order valence-corrected chi connectivity index (χ3v) is 1.63. The molecule has 0 spiro atoms. The first-order valence-corrected chi connectivity index (χ1v) is 3.70. The van der Waals surface area contributed by atoms with E-state index in [2.05, 4.69) is 4.98 Å². The molecular formula is C8H12N2O2. The second-order valence-electron chi connectivity index (χ2n) is 2.71. The van der Waals surface area contributed by atoms with Gasteiger partial charge in [-0.2, -0.15) is 0 Å². The van der Waals surface area contributed by atoms with E-state index in [1.165, 1.54) is 12.3 Å². The van der Waals surface area contributed by atoms with Crippen LogP contribution in [0.3, 0.4) is 0 Å². The van der Waals surface area contributed by atoms with E-state index in [0.717, 1.165) is 0 Å². The number of aromatic hydroxyl groups is 1. The van der Waals surface area contributed by atoms with Crippen LogP contribution in [0.1, 0.15) is 18.7 Å². The number of rotatable bonds is 2. The molecule has 0 saturated heterocycles. The van der Waals surface area contributed by atoms with E-state index < -0.39 is 12.1 Å². The fourth-order valence-electron chi connectivity index (χ4n) is 0.842. The van der Waals surface area contributed by atoms with Crippen molar-refractivity contribution in [1.82, 2.24) is 4.98 Å². The Bertz CT molecular complexity index is 246. The minimum atomic E-state index is -0.637. The predicted octanol–water partition coefficient (Wildman–Crippen LogP) is 0.168. The molecule has 4 heteroatoms. The first-order chi connectivity index (χ1) is 5.61. The van der Waals surface area contributed by atoms with E-state index in [1.807, 2.05) is 0 Å². The summed E-state index contributed by atoms with van der Waals surface area (Å²) in [5, 5.41) is 18.0. The van der Waals surface area contributed by atoms with Gasteiger partial charge in [0.25, 0.3) is 0 Å². The molecule has 4 N–H and O–H groups in total. The Labute approximate surface area is 70.7 Å². The fraction of sp³-hybridized carbons (Fsp3) is 0.375. The van der Waals surface area contributed by atoms with Crippen molar-refractivity contribution in [3.63, 3.8) is 0 Å². The summed E-state index contributed by atoms with van der Waals surface area (Å²) in [7, 11) is 0. The van der Waals surface area contributed by atoms with Gasteiger partial charge in [0.05, 0.1) is 24.0 Å². The number of pyridine rings is 1. The molecule has 0 fully saturated rings. The Kier molecular flexibility index (Phi) is 2.62. The lowest BCUT2D eigenvalue weighted by atomic mass is 10.1. The van der Waals surface area contributed by atoms with Crippen LogP contribution in [0.4, 0.5) is 0 Å². The van der Waals surface area contributed by atoms with Crippen molar-refractivity contribution in [2.75, 3.05) is 0 Å². The number of aliphatic hydroxyl groups excluding tert-OH is 1. The highest BCUT2D eigenvalue weighted by Gasteiger charge is 2.12. The average molecular weight is 168 g/mol. The van der Waals surface area contributed by atoms with E-state index in [0.29, 0.717) is 5.69 Å². The van der Waals surface area contributed by atoms with Crippen molar-refractivity contribution < 1.29 is 10.2 Å². The highest BCUT2D eigenvalue weighted by molar-refractivity contribution is 5.20. The van der Waals surface area contributed by atoms with Gasteiger partial charge >= 0.3 is 0 Å². The molecule has 0 radical (unpaired) electrons. The third-order valence-electron chi connectivity index (χ3n) is 1.63. The van der Waals surface area contributed by atoms with Crippen LogP contribution in [0.2, 0.25) is 0 Å². The summed E-state index contributed by atoms with van der Waals surface area (Å²) >= 11 is 0. The Morgan fingerprint density at radius 1 is 1.50 bits per heavy atom. The number of nitrogens with zero attached hydrogens (tertiary/aromatic N) is 1. The van der Waals surface area contributed by atoms with Gasteiger partial charge in [0.15, 0.2) is 0 Å². The Morgan fingerprint density at radius 3 is 2.58 bits per heavy atom. The van der Waals surface area contributed by atoms with Gasteiger partial charge in [0.2, 0.25) is 0 Å². The monoisotopic (exact) mass is 168 g/mol. The highest BCUT2D eigenvalue weighted by Crippen LogP contribution is 2.13. The molecule has 66 valence electrons. The number of aliphatic hydroxyl groups is 1. The lowest BCUT2D eigenvalue weighted by Gasteiger charge is -2.13. The SMILES string of the molecule is C[C@@H](O)[C@@H](N)c1ccc(O)cn1. The first-order valence-electron chi connectivity index (χ1n) is 3.70. The minimum Gasteiger partial charge on any atom is -0.506 e. The molecule has 0 saturated carbocycles. The van der Waals surface area contributed by atoms with Crippen LogP contribution in [0.15, 0.2) is 18.3 Å². The van der Waals surface area contributed by atoms with E-state index in [-0.39, 0.29) is 5.75 Å². The Hall–Kier alpha value is -1.13. The molecule has 0 aromatic carbocycles. The van der Waals surface area contributed by atoms with Gasteiger partial charge in [0.1, 0.15) is 5.75 Å². The summed E-state index contributed by atoms with van der Waals surface area (Å²) in [5.41, 5.74) is 6.17. The normalized spacial score (nSPS) is 15.6. The van der Waals surface area contributed by atoms with Crippen molar-refractivity contribution >= 4 is 0 Å². The number of nitrogens with two attached hydrogens (primary N) is 1. The van der Waals surface area contributed by atoms with E-state index in [9.17, 15) is 0 Å². The van der Waals surface area contributed by atoms with Crippen molar-refractivity contribution in [2.24, 2.45) is 5.73 Å². The van der Waals surface area contributed by atoms with Crippen LogP contribution in [-0.4, -0.2) is 21.3 Å². The van der Waals surface area contributed by atoms with Gasteiger partial charge < -0.3 is 15.9 Å². The maximum absolute atomic E-state index is 9.12. The van der Waals surface area contributed by atoms with Gasteiger partial charge in [-0.05, 0) is 19.1 Å². The molecule has 0 aliphatic carbocycles. The number of aromatic nitrogens is 1. The lowest BCUT2D eigenvalue weighted by molar-refractivity contribution is 0.162. The second kappa shape index (κ2) is 3.51. The van der Waals surface area contributed by atoms with Gasteiger partial charge in [-0.25, -0.2) is 0 Å². The van der Waals surface area contributed by atoms with Crippen molar-refractivity contribution in [1.29, 1.82) is 0 Å². The van der Waals surface area contributed by atoms with Crippen LogP contribution < -0.4 is 5.73 Å². The first kappa shape index (κ1) is 8.96. The molecule has 0 aliphatic rings. The predicted molar refractivity (Wildman–Crippen MR) is 44.5 cm³/mol. The van der Waals surface area contributed by atoms with E-state index >= 15 is 0 Å². The molecule has 0 amide bonds. The van der Waals surface area contributed by atoms with Crippen LogP contribution >= 0.6 is 0 Å². The molecular weight excluding hydrogens is 156 g/mol. The maximum Gasteiger partial charge on any atom is 0.133 e. The standard InChI is InChI=1S/C8H12N2O2/c1-5(11)8(9)7-3-2-6(12)4-10-7/h2-5,8,11-12H,9H2,1H3/t5-,8-/m1/s1. The van der Waals surface area contributed by atoms with Crippen LogP contribution in [0.25, 0.3) is 0 Å². The van der Waals surface area contributed by atoms with Gasteiger partial charge in [-0.3, -0.25) is 4.98 Å². The third kappa shape index (κ3) is 1.93. The van der Waals surface area contributed by atoms with Crippen molar-refractivity contribution in [3.05, 3.63) is 24.0 Å². The van der Waals surface area contributed by atoms with E-state index in [4.69, 9.17) is 15.9 Å². The Balaban J connectivity index is 2.82. The highest BCUT2D eigenvalue weighted by atomic mass is 16.3. The summed E-state index contributed by atoms with van der Waals surface area (Å²) in [6, 6.07) is 2.59. The minimum absolute atomic E-state index is 0.0940. The van der Waals surface area contributed by atoms with Crippen molar-refractivity contribution in [3.8, 4) is 5.75 Å². The van der Waals surface area contributed by atoms with Gasteiger partial charge in [-0.15, -0.1) is 0 Å².